The van der Waals surface area contributed by atoms with Crippen molar-refractivity contribution in [3.8, 4) is 39.5 Å². The van der Waals surface area contributed by atoms with E-state index in [1.165, 1.54) is 11.3 Å². The van der Waals surface area contributed by atoms with Gasteiger partial charge in [0.2, 0.25) is 5.71 Å². The van der Waals surface area contributed by atoms with Crippen LogP contribution in [0.5, 0.6) is 0 Å². The van der Waals surface area contributed by atoms with E-state index >= 15 is 0 Å². The van der Waals surface area contributed by atoms with Crippen LogP contribution in [0.25, 0.3) is 83.5 Å². The second-order valence-corrected chi connectivity index (χ2v) is 22.4. The molecule has 0 saturated carbocycles. The Morgan fingerprint density at radius 1 is 0.698 bits per heavy atom. The smallest absolute Gasteiger partial charge is 0.217 e. The van der Waals surface area contributed by atoms with Gasteiger partial charge >= 0.3 is 0 Å². The Balaban J connectivity index is 0.000000320. The zero-order chi connectivity index (χ0) is 48.3. The SMILES string of the molecule is C[Si](C)(C)c1ccc(-c2[c-]cccc2)nc1.[2H]C([2H])([2H])c1ccc2c(n1)c(C([2H])([2H])[2H])nc1oc3c(-c4nc5ccccc5n4-c4c(C(C)C)cc(-c5ccccc5)cc4C(C)C)[c-]ccc3c12.[Ir]. The number of pyridine rings is 3. The molecule has 0 fully saturated rings. The molecular weight excluding hydrogens is 967 g/mol. The van der Waals surface area contributed by atoms with Gasteiger partial charge < -0.3 is 14.0 Å². The average molecular weight is 1020 g/mol. The first-order chi connectivity index (χ1) is 32.3. The molecule has 0 atom stereocenters. The Morgan fingerprint density at radius 3 is 2.11 bits per heavy atom. The van der Waals surface area contributed by atoms with Gasteiger partial charge in [-0.1, -0.05) is 119 Å². The van der Waals surface area contributed by atoms with Gasteiger partial charge in [0.1, 0.15) is 0 Å². The summed E-state index contributed by atoms with van der Waals surface area (Å²) in [6.07, 6.45) is 2.02. The number of aromatic nitrogens is 5. The summed E-state index contributed by atoms with van der Waals surface area (Å²) in [5.74, 6) is 0.944. The fraction of sp³-hybridized carbons (Fsp3) is 0.200. The van der Waals surface area contributed by atoms with Crippen LogP contribution in [0.2, 0.25) is 19.6 Å². The van der Waals surface area contributed by atoms with Crippen molar-refractivity contribution in [2.75, 3.05) is 0 Å². The number of nitrogens with zero attached hydrogens (tertiary/aromatic N) is 5. The molecule has 6 nitrogen and oxygen atoms in total. The third-order valence-electron chi connectivity index (χ3n) is 11.4. The van der Waals surface area contributed by atoms with Crippen molar-refractivity contribution < 1.29 is 32.7 Å². The van der Waals surface area contributed by atoms with Crippen LogP contribution in [0.3, 0.4) is 0 Å². The summed E-state index contributed by atoms with van der Waals surface area (Å²) in [4.78, 5) is 18.6. The van der Waals surface area contributed by atoms with E-state index in [-0.39, 0.29) is 54.6 Å². The molecule has 10 aromatic rings. The fourth-order valence-electron chi connectivity index (χ4n) is 8.14. The second-order valence-electron chi connectivity index (χ2n) is 17.3. The fourth-order valence-corrected chi connectivity index (χ4v) is 9.17. The van der Waals surface area contributed by atoms with Gasteiger partial charge in [0.05, 0.1) is 41.7 Å². The first-order valence-corrected chi connectivity index (χ1v) is 24.5. The molecule has 0 unspecified atom stereocenters. The van der Waals surface area contributed by atoms with E-state index in [4.69, 9.17) is 17.6 Å². The van der Waals surface area contributed by atoms with Gasteiger partial charge in [-0.3, -0.25) is 9.97 Å². The van der Waals surface area contributed by atoms with E-state index in [1.807, 2.05) is 60.8 Å². The number of furan rings is 1. The van der Waals surface area contributed by atoms with Gasteiger partial charge in [0.25, 0.3) is 0 Å². The first kappa shape index (κ1) is 36.4. The number of hydrogen-bond donors (Lipinski definition) is 0. The predicted octanol–water partition coefficient (Wildman–Crippen LogP) is 14.0. The number of aryl methyl sites for hydroxylation is 2. The van der Waals surface area contributed by atoms with E-state index in [0.717, 1.165) is 50.2 Å². The van der Waals surface area contributed by atoms with Crippen LogP contribution in [0.4, 0.5) is 0 Å². The van der Waals surface area contributed by atoms with Crippen LogP contribution >= 0.6 is 0 Å². The predicted molar refractivity (Wildman–Crippen MR) is 260 cm³/mol. The van der Waals surface area contributed by atoms with Crippen LogP contribution < -0.4 is 5.19 Å². The third kappa shape index (κ3) is 8.31. The molecule has 0 amide bonds. The van der Waals surface area contributed by atoms with Gasteiger partial charge in [0, 0.05) is 56.7 Å². The molecule has 0 N–H and O–H groups in total. The monoisotopic (exact) mass is 1020 g/mol. The van der Waals surface area contributed by atoms with Crippen molar-refractivity contribution in [1.82, 2.24) is 24.5 Å². The largest absolute Gasteiger partial charge is 0.486 e. The van der Waals surface area contributed by atoms with Crippen molar-refractivity contribution in [3.63, 3.8) is 0 Å². The molecule has 5 aromatic heterocycles. The molecule has 0 spiro atoms. The van der Waals surface area contributed by atoms with Gasteiger partial charge in [-0.25, -0.2) is 4.98 Å². The Bertz CT molecular complexity index is 3440. The summed E-state index contributed by atoms with van der Waals surface area (Å²) in [5, 5.41) is 3.04. The quantitative estimate of drug-likeness (QED) is 0.118. The maximum atomic E-state index is 8.26. The molecule has 0 aliphatic rings. The average Bonchev–Trinajstić information content (AvgIpc) is 3.89. The van der Waals surface area contributed by atoms with Crippen molar-refractivity contribution in [2.45, 2.75) is 72.9 Å². The number of fused-ring (bicyclic) bond motifs is 6. The molecular formula is C55H51IrN5OSi-2. The molecule has 8 heteroatoms. The van der Waals surface area contributed by atoms with Gasteiger partial charge in [-0.2, -0.15) is 0 Å². The maximum Gasteiger partial charge on any atom is 0.217 e. The summed E-state index contributed by atoms with van der Waals surface area (Å²) < 4.78 is 57.2. The van der Waals surface area contributed by atoms with Crippen LogP contribution in [0, 0.1) is 25.8 Å². The minimum atomic E-state index is -2.68. The van der Waals surface area contributed by atoms with Gasteiger partial charge in [-0.05, 0) is 89.0 Å². The normalized spacial score (nSPS) is 13.5. The molecule has 0 bridgehead atoms. The Labute approximate surface area is 393 Å². The van der Waals surface area contributed by atoms with Crippen molar-refractivity contribution in [1.29, 1.82) is 0 Å². The molecule has 63 heavy (non-hydrogen) atoms. The minimum Gasteiger partial charge on any atom is -0.486 e. The molecule has 317 valence electrons. The van der Waals surface area contributed by atoms with Gasteiger partial charge in [0.15, 0.2) is 0 Å². The Morgan fingerprint density at radius 2 is 1.44 bits per heavy atom. The minimum absolute atomic E-state index is 0. The topological polar surface area (TPSA) is 69.6 Å². The van der Waals surface area contributed by atoms with E-state index in [9.17, 15) is 0 Å². The molecule has 0 aliphatic carbocycles. The van der Waals surface area contributed by atoms with E-state index in [0.29, 0.717) is 33.1 Å². The zero-order valence-electron chi connectivity index (χ0n) is 42.3. The van der Waals surface area contributed by atoms with Crippen molar-refractivity contribution >= 4 is 57.3 Å². The van der Waals surface area contributed by atoms with Crippen LogP contribution in [0.1, 0.15) is 70.3 Å². The summed E-state index contributed by atoms with van der Waals surface area (Å²) >= 11 is 0. The number of benzene rings is 5. The molecule has 0 aliphatic heterocycles. The van der Waals surface area contributed by atoms with E-state index < -0.39 is 21.8 Å². The van der Waals surface area contributed by atoms with Crippen LogP contribution in [-0.4, -0.2) is 32.6 Å². The van der Waals surface area contributed by atoms with E-state index in [1.54, 1.807) is 12.1 Å². The van der Waals surface area contributed by atoms with Crippen molar-refractivity contribution in [3.05, 3.63) is 168 Å². The summed E-state index contributed by atoms with van der Waals surface area (Å²) in [7, 11) is -1.23. The van der Waals surface area contributed by atoms with Crippen LogP contribution in [0.15, 0.2) is 138 Å². The zero-order valence-corrected chi connectivity index (χ0v) is 39.7. The van der Waals surface area contributed by atoms with Crippen LogP contribution in [-0.2, 0) is 20.1 Å². The number of imidazole rings is 1. The number of rotatable bonds is 7. The standard InChI is InChI=1S/C41H35N4O.C14H16NSi.Ir/c1-23(2)32-21-28(27-13-8-7-9-14-27)22-33(24(3)4)38(32)45-35-18-11-10-17-34(35)44-40(45)31-16-12-15-30-36-29-20-19-25(5)42-37(29)26(6)43-41(36)46-39(30)31;1-16(2,3)13-9-10-14(15-11-13)12-7-5-4-6-8-12;/h7-15,17-24H,1-6H3;4-7,9-11H,1-3H3;/q2*-1;/i5D3,6D3;;. The Kier molecular flexibility index (Phi) is 10.2. The molecule has 5 heterocycles. The number of hydrogen-bond acceptors (Lipinski definition) is 5. The first-order valence-electron chi connectivity index (χ1n) is 24.0. The van der Waals surface area contributed by atoms with Crippen molar-refractivity contribution in [2.24, 2.45) is 0 Å². The van der Waals surface area contributed by atoms with Gasteiger partial charge in [-0.15, -0.1) is 54.1 Å². The number of para-hydroxylation sites is 2. The molecule has 0 saturated heterocycles. The summed E-state index contributed by atoms with van der Waals surface area (Å²) in [5.41, 5.74) is 10.1. The molecule has 5 aromatic carbocycles. The third-order valence-corrected chi connectivity index (χ3v) is 13.4. The van der Waals surface area contributed by atoms with E-state index in [2.05, 4.69) is 134 Å². The molecule has 1 radical (unpaired) electrons. The maximum absolute atomic E-state index is 8.26. The molecule has 10 rings (SSSR count). The summed E-state index contributed by atoms with van der Waals surface area (Å²) in [6, 6.07) is 48.5. The summed E-state index contributed by atoms with van der Waals surface area (Å²) in [6.45, 7) is 10.6. The Hall–Kier alpha value is -6.05. The second kappa shape index (κ2) is 17.6.